The zero-order chi connectivity index (χ0) is 14.0. The number of nitrogens with two attached hydrogens (primary N) is 1. The lowest BCUT2D eigenvalue weighted by molar-refractivity contribution is 0.102. The Morgan fingerprint density at radius 1 is 1.42 bits per heavy atom. The molecule has 19 heavy (non-hydrogen) atoms. The monoisotopic (exact) mass is 279 g/mol. The maximum atomic E-state index is 13.3. The molecule has 1 aromatic heterocycles. The molecule has 2 rings (SSSR count). The van der Waals surface area contributed by atoms with Gasteiger partial charge in [-0.3, -0.25) is 4.79 Å². The third kappa shape index (κ3) is 3.00. The molecule has 1 heterocycles. The molecule has 0 fully saturated rings. The molecule has 4 nitrogen and oxygen atoms in total. The summed E-state index contributed by atoms with van der Waals surface area (Å²) >= 11 is 5.78. The topological polar surface area (TPSA) is 68.0 Å². The molecule has 6 heteroatoms. The molecule has 0 bridgehead atoms. The Morgan fingerprint density at radius 2 is 2.16 bits per heavy atom. The van der Waals surface area contributed by atoms with E-state index in [1.807, 2.05) is 0 Å². The molecule has 0 atom stereocenters. The summed E-state index contributed by atoms with van der Waals surface area (Å²) in [5.74, 6) is -0.663. The summed E-state index contributed by atoms with van der Waals surface area (Å²) in [4.78, 5) is 15.7. The number of nitrogens with zero attached hydrogens (tertiary/aromatic N) is 1. The first-order valence-electron chi connectivity index (χ1n) is 5.46. The highest BCUT2D eigenvalue weighted by molar-refractivity contribution is 6.33. The number of aromatic nitrogens is 1. The van der Waals surface area contributed by atoms with Crippen LogP contribution >= 0.6 is 11.6 Å². The number of halogens is 2. The normalized spacial score (nSPS) is 10.3. The molecule has 3 N–H and O–H groups in total. The Kier molecular flexibility index (Phi) is 3.66. The first-order valence-corrected chi connectivity index (χ1v) is 5.83. The molecule has 1 aromatic carbocycles. The highest BCUT2D eigenvalue weighted by Crippen LogP contribution is 2.18. The number of hydrogen-bond donors (Lipinski definition) is 2. The molecule has 0 aliphatic carbocycles. The Hall–Kier alpha value is -2.14. The average Bonchev–Trinajstić information content (AvgIpc) is 2.37. The number of hydrogen-bond acceptors (Lipinski definition) is 3. The predicted molar refractivity (Wildman–Crippen MR) is 72.7 cm³/mol. The molecular weight excluding hydrogens is 269 g/mol. The summed E-state index contributed by atoms with van der Waals surface area (Å²) in [5.41, 5.74) is 6.58. The molecule has 0 saturated heterocycles. The van der Waals surface area contributed by atoms with Crippen molar-refractivity contribution in [1.29, 1.82) is 0 Å². The lowest BCUT2D eigenvalue weighted by Gasteiger charge is -2.07. The van der Waals surface area contributed by atoms with Gasteiger partial charge >= 0.3 is 0 Å². The van der Waals surface area contributed by atoms with Gasteiger partial charge in [-0.25, -0.2) is 9.37 Å². The number of nitrogens with one attached hydrogen (secondary N) is 1. The molecule has 0 spiro atoms. The number of anilines is 2. The molecular formula is C13H11ClFN3O. The van der Waals surface area contributed by atoms with Crippen LogP contribution in [0.1, 0.15) is 15.9 Å². The summed E-state index contributed by atoms with van der Waals surface area (Å²) in [6.07, 6.45) is 1.31. The van der Waals surface area contributed by atoms with Crippen molar-refractivity contribution in [3.05, 3.63) is 52.4 Å². The van der Waals surface area contributed by atoms with Crippen LogP contribution in [0.15, 0.2) is 30.5 Å². The minimum absolute atomic E-state index is 0.152. The largest absolute Gasteiger partial charge is 0.382 e. The zero-order valence-electron chi connectivity index (χ0n) is 10.1. The SMILES string of the molecule is Cc1ccc(NC(=O)c2cnc(N)c(Cl)c2)cc1F. The van der Waals surface area contributed by atoms with Crippen molar-refractivity contribution >= 4 is 29.0 Å². The smallest absolute Gasteiger partial charge is 0.257 e. The van der Waals surface area contributed by atoms with Gasteiger partial charge < -0.3 is 11.1 Å². The highest BCUT2D eigenvalue weighted by Gasteiger charge is 2.10. The molecule has 0 radical (unpaired) electrons. The first kappa shape index (κ1) is 13.3. The molecule has 1 amide bonds. The number of amides is 1. The van der Waals surface area contributed by atoms with Gasteiger partial charge in [0.2, 0.25) is 0 Å². The van der Waals surface area contributed by atoms with Gasteiger partial charge in [-0.15, -0.1) is 0 Å². The Bertz CT molecular complexity index is 646. The molecule has 2 aromatic rings. The maximum Gasteiger partial charge on any atom is 0.257 e. The Morgan fingerprint density at radius 3 is 2.79 bits per heavy atom. The van der Waals surface area contributed by atoms with Gasteiger partial charge in [0, 0.05) is 11.9 Å². The number of aryl methyl sites for hydroxylation is 1. The average molecular weight is 280 g/mol. The second-order valence-electron chi connectivity index (χ2n) is 4.01. The lowest BCUT2D eigenvalue weighted by Crippen LogP contribution is -2.13. The third-order valence-corrected chi connectivity index (χ3v) is 2.86. The molecule has 0 unspecified atom stereocenters. The minimum Gasteiger partial charge on any atom is -0.382 e. The van der Waals surface area contributed by atoms with Crippen molar-refractivity contribution in [3.63, 3.8) is 0 Å². The van der Waals surface area contributed by atoms with Crippen LogP contribution in [0.5, 0.6) is 0 Å². The van der Waals surface area contributed by atoms with Crippen molar-refractivity contribution in [2.45, 2.75) is 6.92 Å². The van der Waals surface area contributed by atoms with Crippen LogP contribution in [0.4, 0.5) is 15.9 Å². The highest BCUT2D eigenvalue weighted by atomic mass is 35.5. The van der Waals surface area contributed by atoms with Crippen LogP contribution in [0, 0.1) is 12.7 Å². The Balaban J connectivity index is 2.20. The fourth-order valence-corrected chi connectivity index (χ4v) is 1.61. The van der Waals surface area contributed by atoms with Gasteiger partial charge in [0.15, 0.2) is 0 Å². The molecule has 98 valence electrons. The van der Waals surface area contributed by atoms with Crippen LogP contribution in [-0.2, 0) is 0 Å². The second-order valence-corrected chi connectivity index (χ2v) is 4.42. The van der Waals surface area contributed by atoms with E-state index >= 15 is 0 Å². The van der Waals surface area contributed by atoms with Gasteiger partial charge in [0.25, 0.3) is 5.91 Å². The van der Waals surface area contributed by atoms with E-state index < -0.39 is 5.91 Å². The number of rotatable bonds is 2. The van der Waals surface area contributed by atoms with Gasteiger partial charge in [0.05, 0.1) is 10.6 Å². The zero-order valence-corrected chi connectivity index (χ0v) is 10.8. The van der Waals surface area contributed by atoms with Gasteiger partial charge in [-0.1, -0.05) is 17.7 Å². The molecule has 0 saturated carbocycles. The fraction of sp³-hybridized carbons (Fsp3) is 0.0769. The van der Waals surface area contributed by atoms with E-state index in [4.69, 9.17) is 17.3 Å². The van der Waals surface area contributed by atoms with Crippen LogP contribution in [0.2, 0.25) is 5.02 Å². The quantitative estimate of drug-likeness (QED) is 0.888. The molecule has 0 aliphatic rings. The standard InChI is InChI=1S/C13H11ClFN3O/c1-7-2-3-9(5-11(7)15)18-13(19)8-4-10(14)12(16)17-6-8/h2-6H,1H3,(H2,16,17)(H,18,19). The van der Waals surface area contributed by atoms with Crippen molar-refractivity contribution in [2.75, 3.05) is 11.1 Å². The maximum absolute atomic E-state index is 13.3. The van der Waals surface area contributed by atoms with Crippen molar-refractivity contribution in [2.24, 2.45) is 0 Å². The Labute approximate surface area is 114 Å². The summed E-state index contributed by atoms with van der Waals surface area (Å²) in [6.45, 7) is 1.64. The number of pyridine rings is 1. The van der Waals surface area contributed by atoms with Crippen molar-refractivity contribution < 1.29 is 9.18 Å². The van der Waals surface area contributed by atoms with Gasteiger partial charge in [-0.2, -0.15) is 0 Å². The van der Waals surface area contributed by atoms with Gasteiger partial charge in [-0.05, 0) is 30.7 Å². The van der Waals surface area contributed by atoms with Crippen LogP contribution in [0.25, 0.3) is 0 Å². The third-order valence-electron chi connectivity index (χ3n) is 2.56. The predicted octanol–water partition coefficient (Wildman–Crippen LogP) is 3.02. The van der Waals surface area contributed by atoms with Crippen LogP contribution < -0.4 is 11.1 Å². The van der Waals surface area contributed by atoms with E-state index in [1.165, 1.54) is 18.3 Å². The van der Waals surface area contributed by atoms with Crippen molar-refractivity contribution in [3.8, 4) is 0 Å². The summed E-state index contributed by atoms with van der Waals surface area (Å²) < 4.78 is 13.3. The lowest BCUT2D eigenvalue weighted by atomic mass is 10.2. The first-order chi connectivity index (χ1) is 8.97. The van der Waals surface area contributed by atoms with E-state index in [9.17, 15) is 9.18 Å². The summed E-state index contributed by atoms with van der Waals surface area (Å²) in [7, 11) is 0. The molecule has 0 aliphatic heterocycles. The summed E-state index contributed by atoms with van der Waals surface area (Å²) in [5, 5.41) is 2.75. The number of benzene rings is 1. The summed E-state index contributed by atoms with van der Waals surface area (Å²) in [6, 6.07) is 5.85. The van der Waals surface area contributed by atoms with Crippen LogP contribution in [0.3, 0.4) is 0 Å². The van der Waals surface area contributed by atoms with Crippen molar-refractivity contribution in [1.82, 2.24) is 4.98 Å². The van der Waals surface area contributed by atoms with E-state index in [1.54, 1.807) is 19.1 Å². The fourth-order valence-electron chi connectivity index (χ4n) is 1.45. The second kappa shape index (κ2) is 5.24. The van der Waals surface area contributed by atoms with E-state index in [0.29, 0.717) is 11.3 Å². The number of carbonyl (C=O) groups excluding carboxylic acids is 1. The minimum atomic E-state index is -0.433. The van der Waals surface area contributed by atoms with E-state index in [2.05, 4.69) is 10.3 Å². The van der Waals surface area contributed by atoms with E-state index in [0.717, 1.165) is 0 Å². The number of carbonyl (C=O) groups is 1. The van der Waals surface area contributed by atoms with Crippen LogP contribution in [-0.4, -0.2) is 10.9 Å². The van der Waals surface area contributed by atoms with Gasteiger partial charge in [0.1, 0.15) is 11.6 Å². The van der Waals surface area contributed by atoms with E-state index in [-0.39, 0.29) is 22.2 Å². The number of nitrogen functional groups attached to an aromatic ring is 1.